The Labute approximate surface area is 170 Å². The van der Waals surface area contributed by atoms with E-state index in [1.54, 1.807) is 4.57 Å². The molecule has 0 spiro atoms. The number of aromatic nitrogens is 2. The van der Waals surface area contributed by atoms with Crippen LogP contribution in [0.5, 0.6) is 5.88 Å². The molecule has 1 aliphatic rings. The molecule has 0 atom stereocenters. The summed E-state index contributed by atoms with van der Waals surface area (Å²) in [6.07, 6.45) is 3.52. The van der Waals surface area contributed by atoms with Crippen molar-refractivity contribution in [1.82, 2.24) is 14.5 Å². The van der Waals surface area contributed by atoms with Crippen molar-refractivity contribution in [3.8, 4) is 11.6 Å². The first-order valence-electron chi connectivity index (χ1n) is 10.0. The Morgan fingerprint density at radius 2 is 1.93 bits per heavy atom. The molecule has 0 amide bonds. The smallest absolute Gasteiger partial charge is 0.265 e. The van der Waals surface area contributed by atoms with E-state index >= 15 is 0 Å². The van der Waals surface area contributed by atoms with Gasteiger partial charge in [-0.3, -0.25) is 14.3 Å². The van der Waals surface area contributed by atoms with Crippen molar-refractivity contribution >= 4 is 11.8 Å². The lowest BCUT2D eigenvalue weighted by Gasteiger charge is -2.26. The number of unbranched alkanes of at least 4 members (excludes halogenated alkanes) is 2. The molecular weight excluding hydrogens is 374 g/mol. The van der Waals surface area contributed by atoms with E-state index in [1.165, 1.54) is 11.8 Å². The summed E-state index contributed by atoms with van der Waals surface area (Å²) in [5.41, 5.74) is 1.03. The van der Waals surface area contributed by atoms with E-state index in [0.29, 0.717) is 17.1 Å². The lowest BCUT2D eigenvalue weighted by molar-refractivity contribution is 0.0410. The summed E-state index contributed by atoms with van der Waals surface area (Å²) in [6.45, 7) is 6.42. The standard InChI is InChI=1S/C21H29N3O3S/c1-2-3-5-10-18-19(25)22-21(28-16-13-23-11-14-27-15-12-23)24(20(18)26)17-8-6-4-7-9-17/h4,6-9,25H,2-3,5,10-16H2,1H3. The summed E-state index contributed by atoms with van der Waals surface area (Å²) >= 11 is 1.51. The number of aromatic hydroxyl groups is 1. The van der Waals surface area contributed by atoms with Gasteiger partial charge in [-0.15, -0.1) is 0 Å². The Bertz CT molecular complexity index is 805. The summed E-state index contributed by atoms with van der Waals surface area (Å²) in [4.78, 5) is 20.0. The van der Waals surface area contributed by atoms with Gasteiger partial charge in [-0.1, -0.05) is 49.7 Å². The van der Waals surface area contributed by atoms with E-state index < -0.39 is 0 Å². The predicted molar refractivity (Wildman–Crippen MR) is 113 cm³/mol. The summed E-state index contributed by atoms with van der Waals surface area (Å²) in [6, 6.07) is 9.56. The number of hydrogen-bond acceptors (Lipinski definition) is 6. The van der Waals surface area contributed by atoms with Crippen LogP contribution in [0.25, 0.3) is 5.69 Å². The van der Waals surface area contributed by atoms with Gasteiger partial charge >= 0.3 is 0 Å². The lowest BCUT2D eigenvalue weighted by atomic mass is 10.1. The third-order valence-electron chi connectivity index (χ3n) is 4.91. The van der Waals surface area contributed by atoms with Crippen LogP contribution < -0.4 is 5.56 Å². The first kappa shape index (κ1) is 20.9. The molecular formula is C21H29N3O3S. The van der Waals surface area contributed by atoms with Crippen LogP contribution in [0.15, 0.2) is 40.3 Å². The minimum Gasteiger partial charge on any atom is -0.493 e. The van der Waals surface area contributed by atoms with Gasteiger partial charge in [0.25, 0.3) is 5.56 Å². The Kier molecular flexibility index (Phi) is 7.94. The second-order valence-corrected chi connectivity index (χ2v) is 7.99. The Hall–Kier alpha value is -1.83. The van der Waals surface area contributed by atoms with Gasteiger partial charge in [0.15, 0.2) is 5.16 Å². The van der Waals surface area contributed by atoms with Gasteiger partial charge in [-0.2, -0.15) is 4.98 Å². The topological polar surface area (TPSA) is 67.6 Å². The summed E-state index contributed by atoms with van der Waals surface area (Å²) in [5.74, 6) is 0.676. The Balaban J connectivity index is 1.84. The molecule has 0 radical (unpaired) electrons. The molecule has 2 heterocycles. The maximum atomic E-state index is 13.2. The van der Waals surface area contributed by atoms with Crippen molar-refractivity contribution in [2.24, 2.45) is 0 Å². The fourth-order valence-corrected chi connectivity index (χ4v) is 4.29. The average Bonchev–Trinajstić information content (AvgIpc) is 2.72. The molecule has 1 N–H and O–H groups in total. The van der Waals surface area contributed by atoms with Gasteiger partial charge in [-0.05, 0) is 25.0 Å². The largest absolute Gasteiger partial charge is 0.493 e. The van der Waals surface area contributed by atoms with E-state index in [-0.39, 0.29) is 11.4 Å². The zero-order chi connectivity index (χ0) is 19.8. The zero-order valence-corrected chi connectivity index (χ0v) is 17.3. The third kappa shape index (κ3) is 5.37. The molecule has 0 saturated carbocycles. The molecule has 0 aliphatic carbocycles. The number of rotatable bonds is 9. The van der Waals surface area contributed by atoms with E-state index in [4.69, 9.17) is 4.74 Å². The SMILES string of the molecule is CCCCCc1c(O)nc(SCCN2CCOCC2)n(-c2ccccc2)c1=O. The number of benzene rings is 1. The Morgan fingerprint density at radius 1 is 1.18 bits per heavy atom. The zero-order valence-electron chi connectivity index (χ0n) is 16.5. The summed E-state index contributed by atoms with van der Waals surface area (Å²) < 4.78 is 7.03. The van der Waals surface area contributed by atoms with E-state index in [0.717, 1.165) is 63.6 Å². The Morgan fingerprint density at radius 3 is 2.64 bits per heavy atom. The first-order chi connectivity index (χ1) is 13.7. The molecule has 2 aromatic rings. The van der Waals surface area contributed by atoms with Crippen molar-refractivity contribution < 1.29 is 9.84 Å². The minimum atomic E-state index is -0.163. The molecule has 3 rings (SSSR count). The number of hydrogen-bond donors (Lipinski definition) is 1. The number of nitrogens with zero attached hydrogens (tertiary/aromatic N) is 3. The molecule has 6 nitrogen and oxygen atoms in total. The van der Waals surface area contributed by atoms with Gasteiger partial charge in [0, 0.05) is 25.4 Å². The van der Waals surface area contributed by atoms with Crippen molar-refractivity contribution in [2.75, 3.05) is 38.6 Å². The van der Waals surface area contributed by atoms with Gasteiger partial charge < -0.3 is 9.84 Å². The predicted octanol–water partition coefficient (Wildman–Crippen LogP) is 3.10. The molecule has 1 saturated heterocycles. The molecule has 0 unspecified atom stereocenters. The van der Waals surface area contributed by atoms with Crippen LogP contribution in [0.1, 0.15) is 31.7 Å². The molecule has 152 valence electrons. The summed E-state index contributed by atoms with van der Waals surface area (Å²) in [7, 11) is 0. The lowest BCUT2D eigenvalue weighted by Crippen LogP contribution is -2.37. The molecule has 28 heavy (non-hydrogen) atoms. The maximum Gasteiger partial charge on any atom is 0.265 e. The van der Waals surface area contributed by atoms with Crippen LogP contribution in [0.2, 0.25) is 0 Å². The highest BCUT2D eigenvalue weighted by molar-refractivity contribution is 7.99. The van der Waals surface area contributed by atoms with Crippen LogP contribution in [0.3, 0.4) is 0 Å². The second-order valence-electron chi connectivity index (χ2n) is 6.93. The third-order valence-corrected chi connectivity index (χ3v) is 5.83. The van der Waals surface area contributed by atoms with Gasteiger partial charge in [0.05, 0.1) is 24.5 Å². The number of thioether (sulfide) groups is 1. The van der Waals surface area contributed by atoms with Crippen LogP contribution in [0, 0.1) is 0 Å². The van der Waals surface area contributed by atoms with E-state index in [9.17, 15) is 9.90 Å². The molecule has 0 bridgehead atoms. The van der Waals surface area contributed by atoms with Gasteiger partial charge in [0.2, 0.25) is 5.88 Å². The van der Waals surface area contributed by atoms with Gasteiger partial charge in [0.1, 0.15) is 0 Å². The fourth-order valence-electron chi connectivity index (χ4n) is 3.29. The number of morpholine rings is 1. The van der Waals surface area contributed by atoms with E-state index in [2.05, 4.69) is 16.8 Å². The molecule has 1 aromatic heterocycles. The van der Waals surface area contributed by atoms with Crippen LogP contribution in [-0.4, -0.2) is 58.2 Å². The molecule has 7 heteroatoms. The van der Waals surface area contributed by atoms with Gasteiger partial charge in [-0.25, -0.2) is 0 Å². The van der Waals surface area contributed by atoms with E-state index in [1.807, 2.05) is 30.3 Å². The number of para-hydroxylation sites is 1. The highest BCUT2D eigenvalue weighted by atomic mass is 32.2. The van der Waals surface area contributed by atoms with Crippen molar-refractivity contribution in [1.29, 1.82) is 0 Å². The van der Waals surface area contributed by atoms with Crippen molar-refractivity contribution in [3.05, 3.63) is 46.2 Å². The van der Waals surface area contributed by atoms with Crippen LogP contribution in [-0.2, 0) is 11.2 Å². The summed E-state index contributed by atoms with van der Waals surface area (Å²) in [5, 5.41) is 11.0. The second kappa shape index (κ2) is 10.6. The minimum absolute atomic E-state index is 0.123. The van der Waals surface area contributed by atoms with Crippen LogP contribution >= 0.6 is 11.8 Å². The average molecular weight is 404 g/mol. The monoisotopic (exact) mass is 403 g/mol. The normalized spacial score (nSPS) is 15.0. The quantitative estimate of drug-likeness (QED) is 0.394. The number of ether oxygens (including phenoxy) is 1. The maximum absolute atomic E-state index is 13.2. The highest BCUT2D eigenvalue weighted by Crippen LogP contribution is 2.23. The molecule has 1 fully saturated rings. The first-order valence-corrected chi connectivity index (χ1v) is 11.0. The van der Waals surface area contributed by atoms with Crippen molar-refractivity contribution in [3.63, 3.8) is 0 Å². The van der Waals surface area contributed by atoms with Crippen LogP contribution in [0.4, 0.5) is 0 Å². The molecule has 1 aromatic carbocycles. The van der Waals surface area contributed by atoms with Crippen molar-refractivity contribution in [2.45, 2.75) is 37.8 Å². The highest BCUT2D eigenvalue weighted by Gasteiger charge is 2.18. The molecule has 1 aliphatic heterocycles. The fraction of sp³-hybridized carbons (Fsp3) is 0.524.